The number of hydrogen-bond donors (Lipinski definition) is 0. The fourth-order valence-corrected chi connectivity index (χ4v) is 4.34. The zero-order valence-corrected chi connectivity index (χ0v) is 17.8. The normalized spacial score (nSPS) is 15.7. The van der Waals surface area contributed by atoms with Crippen molar-refractivity contribution >= 4 is 11.4 Å². The highest BCUT2D eigenvalue weighted by atomic mass is 19.1. The van der Waals surface area contributed by atoms with Gasteiger partial charge in [-0.05, 0) is 47.7 Å². The number of methoxy groups -OCH3 is 2. The second kappa shape index (κ2) is 8.16. The minimum Gasteiger partial charge on any atom is -0.497 e. The first-order chi connectivity index (χ1) is 15.6. The molecule has 1 aliphatic rings. The first-order valence-corrected chi connectivity index (χ1v) is 10.4. The second-order valence-electron chi connectivity index (χ2n) is 7.93. The van der Waals surface area contributed by atoms with E-state index in [9.17, 15) is 9.18 Å². The number of benzene rings is 2. The lowest BCUT2D eigenvalue weighted by Gasteiger charge is -2.23. The second-order valence-corrected chi connectivity index (χ2v) is 7.93. The van der Waals surface area contributed by atoms with Gasteiger partial charge < -0.3 is 9.47 Å². The molecule has 1 aliphatic carbocycles. The molecule has 0 radical (unpaired) electrons. The van der Waals surface area contributed by atoms with E-state index in [1.165, 1.54) is 12.1 Å². The third-order valence-electron chi connectivity index (χ3n) is 5.93. The Morgan fingerprint density at radius 1 is 1.06 bits per heavy atom. The van der Waals surface area contributed by atoms with Gasteiger partial charge in [0.25, 0.3) is 0 Å². The van der Waals surface area contributed by atoms with E-state index in [4.69, 9.17) is 14.5 Å². The lowest BCUT2D eigenvalue weighted by molar-refractivity contribution is 0.0962. The molecule has 2 heterocycles. The number of halogens is 1. The zero-order chi connectivity index (χ0) is 22.2. The van der Waals surface area contributed by atoms with Crippen molar-refractivity contribution < 1.29 is 18.7 Å². The van der Waals surface area contributed by atoms with Crippen molar-refractivity contribution in [1.82, 2.24) is 14.6 Å². The van der Waals surface area contributed by atoms with Crippen molar-refractivity contribution in [2.24, 2.45) is 0 Å². The number of Topliss-reactive ketones (excluding diaryl/α,β-unsaturated/α-hetero) is 1. The van der Waals surface area contributed by atoms with Crippen LogP contribution in [0.2, 0.25) is 0 Å². The van der Waals surface area contributed by atoms with E-state index in [0.29, 0.717) is 30.7 Å². The van der Waals surface area contributed by atoms with E-state index in [0.717, 1.165) is 33.8 Å². The minimum absolute atomic E-state index is 0.0183. The first kappa shape index (κ1) is 20.3. The van der Waals surface area contributed by atoms with Crippen molar-refractivity contribution in [3.8, 4) is 16.9 Å². The van der Waals surface area contributed by atoms with Crippen LogP contribution in [0.4, 0.5) is 4.39 Å². The van der Waals surface area contributed by atoms with Gasteiger partial charge in [0.1, 0.15) is 11.6 Å². The highest BCUT2D eigenvalue weighted by Crippen LogP contribution is 2.35. The molecule has 0 saturated carbocycles. The van der Waals surface area contributed by atoms with Crippen LogP contribution in [0.3, 0.4) is 0 Å². The average Bonchev–Trinajstić information content (AvgIpc) is 3.15. The number of ether oxygens (including phenoxy) is 2. The maximum atomic E-state index is 13.4. The Hall–Kier alpha value is -3.58. The van der Waals surface area contributed by atoms with Crippen LogP contribution in [0, 0.1) is 5.82 Å². The Labute approximate surface area is 184 Å². The summed E-state index contributed by atoms with van der Waals surface area (Å²) >= 11 is 0. The lowest BCUT2D eigenvalue weighted by atomic mass is 9.82. The van der Waals surface area contributed by atoms with Crippen molar-refractivity contribution in [2.75, 3.05) is 14.2 Å². The summed E-state index contributed by atoms with van der Waals surface area (Å²) in [6, 6.07) is 14.1. The third kappa shape index (κ3) is 3.54. The van der Waals surface area contributed by atoms with Crippen molar-refractivity contribution in [2.45, 2.75) is 25.4 Å². The average molecular weight is 431 g/mol. The standard InChI is InChI=1S/C25H22FN3O3/c1-31-14-22-24(16-5-9-19(32-2)10-6-16)25-27-21-11-17(15-3-7-18(26)8-4-15)12-23(30)20(21)13-29(25)28-22/h3-10,13,17H,11-12,14H2,1-2H3. The van der Waals surface area contributed by atoms with Crippen LogP contribution in [0.1, 0.15) is 39.6 Å². The van der Waals surface area contributed by atoms with E-state index in [1.807, 2.05) is 24.3 Å². The molecule has 7 heteroatoms. The van der Waals surface area contributed by atoms with E-state index < -0.39 is 0 Å². The first-order valence-electron chi connectivity index (χ1n) is 10.4. The smallest absolute Gasteiger partial charge is 0.166 e. The number of hydrogen-bond acceptors (Lipinski definition) is 5. The quantitative estimate of drug-likeness (QED) is 0.462. The fraction of sp³-hybridized carbons (Fsp3) is 0.240. The molecule has 1 unspecified atom stereocenters. The third-order valence-corrected chi connectivity index (χ3v) is 5.93. The number of ketones is 1. The van der Waals surface area contributed by atoms with Crippen LogP contribution in [0.25, 0.3) is 16.8 Å². The summed E-state index contributed by atoms with van der Waals surface area (Å²) in [5, 5.41) is 4.65. The minimum atomic E-state index is -0.287. The van der Waals surface area contributed by atoms with Crippen LogP contribution in [-0.4, -0.2) is 34.6 Å². The molecule has 0 fully saturated rings. The van der Waals surface area contributed by atoms with Crippen molar-refractivity contribution in [3.05, 3.63) is 83.1 Å². The topological polar surface area (TPSA) is 65.7 Å². The predicted molar refractivity (Wildman–Crippen MR) is 117 cm³/mol. The number of aromatic nitrogens is 3. The molecule has 0 spiro atoms. The van der Waals surface area contributed by atoms with Gasteiger partial charge in [-0.1, -0.05) is 24.3 Å². The largest absolute Gasteiger partial charge is 0.497 e. The molecule has 162 valence electrons. The molecular formula is C25H22FN3O3. The molecule has 6 nitrogen and oxygen atoms in total. The SMILES string of the molecule is COCc1nn2cc3c(nc2c1-c1ccc(OC)cc1)CC(c1ccc(F)cc1)CC3=O. The van der Waals surface area contributed by atoms with Crippen LogP contribution >= 0.6 is 0 Å². The van der Waals surface area contributed by atoms with Crippen LogP contribution in [-0.2, 0) is 17.8 Å². The van der Waals surface area contributed by atoms with Gasteiger partial charge in [0.15, 0.2) is 11.4 Å². The lowest BCUT2D eigenvalue weighted by Crippen LogP contribution is -2.21. The van der Waals surface area contributed by atoms with Crippen LogP contribution in [0.5, 0.6) is 5.75 Å². The van der Waals surface area contributed by atoms with Crippen LogP contribution in [0.15, 0.2) is 54.7 Å². The van der Waals surface area contributed by atoms with Gasteiger partial charge in [-0.3, -0.25) is 4.79 Å². The summed E-state index contributed by atoms with van der Waals surface area (Å²) in [5.74, 6) is 0.461. The molecule has 0 aliphatic heterocycles. The molecule has 4 aromatic rings. The molecule has 0 N–H and O–H groups in total. The Balaban J connectivity index is 1.62. The summed E-state index contributed by atoms with van der Waals surface area (Å²) in [6.07, 6.45) is 2.74. The van der Waals surface area contributed by atoms with Gasteiger partial charge >= 0.3 is 0 Å². The molecule has 0 amide bonds. The predicted octanol–water partition coefficient (Wildman–Crippen LogP) is 4.60. The highest BCUT2D eigenvalue weighted by Gasteiger charge is 2.29. The van der Waals surface area contributed by atoms with E-state index in [1.54, 1.807) is 37.1 Å². The van der Waals surface area contributed by atoms with Crippen molar-refractivity contribution in [1.29, 1.82) is 0 Å². The molecule has 32 heavy (non-hydrogen) atoms. The number of rotatable bonds is 5. The Morgan fingerprint density at radius 3 is 2.50 bits per heavy atom. The van der Waals surface area contributed by atoms with Gasteiger partial charge in [0, 0.05) is 19.7 Å². The summed E-state index contributed by atoms with van der Waals surface area (Å²) in [5.41, 5.74) is 5.50. The maximum Gasteiger partial charge on any atom is 0.166 e. The molecule has 1 atom stereocenters. The maximum absolute atomic E-state index is 13.4. The van der Waals surface area contributed by atoms with E-state index in [2.05, 4.69) is 5.10 Å². The van der Waals surface area contributed by atoms with Crippen LogP contribution < -0.4 is 4.74 Å². The van der Waals surface area contributed by atoms with Gasteiger partial charge in [-0.25, -0.2) is 13.9 Å². The monoisotopic (exact) mass is 431 g/mol. The molecule has 0 bridgehead atoms. The Bertz CT molecular complexity index is 1300. The molecule has 5 rings (SSSR count). The van der Waals surface area contributed by atoms with E-state index in [-0.39, 0.29) is 17.5 Å². The molecule has 2 aromatic carbocycles. The van der Waals surface area contributed by atoms with Gasteiger partial charge in [-0.2, -0.15) is 5.10 Å². The summed E-state index contributed by atoms with van der Waals surface area (Å²) in [6.45, 7) is 0.321. The van der Waals surface area contributed by atoms with Gasteiger partial charge in [-0.15, -0.1) is 0 Å². The Kier molecular flexibility index (Phi) is 5.19. The summed E-state index contributed by atoms with van der Waals surface area (Å²) in [4.78, 5) is 17.8. The number of nitrogens with zero attached hydrogens (tertiary/aromatic N) is 3. The van der Waals surface area contributed by atoms with E-state index >= 15 is 0 Å². The number of carbonyl (C=O) groups excluding carboxylic acids is 1. The highest BCUT2D eigenvalue weighted by molar-refractivity contribution is 5.99. The molecular weight excluding hydrogens is 409 g/mol. The van der Waals surface area contributed by atoms with Gasteiger partial charge in [0.2, 0.25) is 0 Å². The van der Waals surface area contributed by atoms with Gasteiger partial charge in [0.05, 0.1) is 36.2 Å². The fourth-order valence-electron chi connectivity index (χ4n) is 4.34. The molecule has 2 aromatic heterocycles. The number of fused-ring (bicyclic) bond motifs is 2. The molecule has 0 saturated heterocycles. The van der Waals surface area contributed by atoms with Crippen molar-refractivity contribution in [3.63, 3.8) is 0 Å². The summed E-state index contributed by atoms with van der Waals surface area (Å²) in [7, 11) is 3.25. The number of carbonyl (C=O) groups is 1. The zero-order valence-electron chi connectivity index (χ0n) is 17.8. The summed E-state index contributed by atoms with van der Waals surface area (Å²) < 4.78 is 25.7. The Morgan fingerprint density at radius 2 is 1.81 bits per heavy atom.